The van der Waals surface area contributed by atoms with Gasteiger partial charge >= 0.3 is 0 Å². The highest BCUT2D eigenvalue weighted by Gasteiger charge is 2.46. The minimum absolute atomic E-state index is 0.0682. The van der Waals surface area contributed by atoms with Crippen molar-refractivity contribution in [3.8, 4) is 5.75 Å². The van der Waals surface area contributed by atoms with E-state index in [4.69, 9.17) is 9.47 Å². The van der Waals surface area contributed by atoms with Gasteiger partial charge < -0.3 is 19.5 Å². The first kappa shape index (κ1) is 20.6. The number of halogens is 1. The number of carbonyl (C=O) groups excluding carboxylic acids is 2. The van der Waals surface area contributed by atoms with Gasteiger partial charge in [0.25, 0.3) is 11.7 Å². The Labute approximate surface area is 183 Å². The molecule has 0 aliphatic carbocycles. The summed E-state index contributed by atoms with van der Waals surface area (Å²) in [5.41, 5.74) is 2.29. The smallest absolute Gasteiger partial charge is 0.295 e. The van der Waals surface area contributed by atoms with Crippen LogP contribution in [-0.2, 0) is 20.7 Å². The molecule has 2 heterocycles. The van der Waals surface area contributed by atoms with Gasteiger partial charge in [0.15, 0.2) is 0 Å². The van der Waals surface area contributed by atoms with E-state index in [0.29, 0.717) is 5.56 Å². The van der Waals surface area contributed by atoms with Crippen LogP contribution in [0.3, 0.4) is 0 Å². The maximum Gasteiger partial charge on any atom is 0.295 e. The lowest BCUT2D eigenvalue weighted by Gasteiger charge is -2.25. The van der Waals surface area contributed by atoms with Crippen LogP contribution in [0.2, 0.25) is 0 Å². The van der Waals surface area contributed by atoms with Gasteiger partial charge in [-0.3, -0.25) is 9.59 Å². The summed E-state index contributed by atoms with van der Waals surface area (Å²) in [6.07, 6.45) is 0.798. The van der Waals surface area contributed by atoms with Gasteiger partial charge in [-0.15, -0.1) is 0 Å². The predicted octanol–water partition coefficient (Wildman–Crippen LogP) is 3.84. The fraction of sp³-hybridized carbons (Fsp3) is 0.304. The van der Waals surface area contributed by atoms with Gasteiger partial charge in [-0.05, 0) is 48.4 Å². The molecule has 0 bridgehead atoms. The average Bonchev–Trinajstić information content (AvgIpc) is 3.22. The third-order valence-corrected chi connectivity index (χ3v) is 5.90. The molecular weight excluding hydrogens is 450 g/mol. The summed E-state index contributed by atoms with van der Waals surface area (Å²) in [4.78, 5) is 27.2. The second-order valence-corrected chi connectivity index (χ2v) is 8.41. The summed E-state index contributed by atoms with van der Waals surface area (Å²) in [5.74, 6) is -0.737. The first-order chi connectivity index (χ1) is 14.4. The zero-order valence-electron chi connectivity index (χ0n) is 16.7. The van der Waals surface area contributed by atoms with Crippen molar-refractivity contribution in [1.29, 1.82) is 0 Å². The molecule has 0 saturated carbocycles. The Hall–Kier alpha value is -2.64. The molecule has 156 valence electrons. The Kier molecular flexibility index (Phi) is 5.66. The van der Waals surface area contributed by atoms with Gasteiger partial charge in [0.05, 0.1) is 18.2 Å². The highest BCUT2D eigenvalue weighted by Crippen LogP contribution is 2.41. The van der Waals surface area contributed by atoms with Gasteiger partial charge in [0.2, 0.25) is 0 Å². The number of aliphatic hydroxyl groups excluding tert-OH is 1. The quantitative estimate of drug-likeness (QED) is 0.407. The van der Waals surface area contributed by atoms with Gasteiger partial charge in [-0.1, -0.05) is 28.1 Å². The largest absolute Gasteiger partial charge is 0.507 e. The van der Waals surface area contributed by atoms with Gasteiger partial charge in [0.1, 0.15) is 17.6 Å². The summed E-state index contributed by atoms with van der Waals surface area (Å²) in [5, 5.41) is 11.1. The number of hydrogen-bond donors (Lipinski definition) is 1. The molecule has 6 nitrogen and oxygen atoms in total. The summed E-state index contributed by atoms with van der Waals surface area (Å²) in [6, 6.07) is 12.0. The van der Waals surface area contributed by atoms with Crippen LogP contribution in [0.25, 0.3) is 5.76 Å². The molecule has 4 rings (SSSR count). The zero-order valence-corrected chi connectivity index (χ0v) is 18.3. The van der Waals surface area contributed by atoms with Crippen molar-refractivity contribution in [3.05, 3.63) is 69.2 Å². The molecule has 2 aliphatic heterocycles. The molecule has 2 aliphatic rings. The zero-order chi connectivity index (χ0) is 21.4. The molecule has 1 amide bonds. The number of nitrogens with zero attached hydrogens (tertiary/aromatic N) is 1. The number of benzene rings is 2. The molecule has 30 heavy (non-hydrogen) atoms. The van der Waals surface area contributed by atoms with E-state index in [-0.39, 0.29) is 30.6 Å². The Morgan fingerprint density at radius 3 is 2.80 bits per heavy atom. The number of rotatable bonds is 5. The predicted molar refractivity (Wildman–Crippen MR) is 115 cm³/mol. The van der Waals surface area contributed by atoms with Crippen molar-refractivity contribution in [3.63, 3.8) is 0 Å². The Morgan fingerprint density at radius 2 is 2.07 bits per heavy atom. The van der Waals surface area contributed by atoms with Crippen molar-refractivity contribution in [2.75, 3.05) is 20.3 Å². The first-order valence-corrected chi connectivity index (χ1v) is 10.5. The summed E-state index contributed by atoms with van der Waals surface area (Å²) in [6.45, 7) is 2.50. The number of fused-ring (bicyclic) bond motifs is 1. The molecule has 0 radical (unpaired) electrons. The Bertz CT molecular complexity index is 1050. The molecule has 1 saturated heterocycles. The normalized spacial score (nSPS) is 22.3. The monoisotopic (exact) mass is 471 g/mol. The summed E-state index contributed by atoms with van der Waals surface area (Å²) < 4.78 is 11.7. The molecule has 0 aromatic heterocycles. The number of aliphatic hydroxyl groups is 1. The van der Waals surface area contributed by atoms with E-state index in [1.807, 2.05) is 37.3 Å². The van der Waals surface area contributed by atoms with E-state index in [1.54, 1.807) is 12.1 Å². The second-order valence-electron chi connectivity index (χ2n) is 7.50. The van der Waals surface area contributed by atoms with E-state index in [0.717, 1.165) is 27.8 Å². The molecular formula is C23H22BrNO5. The number of methoxy groups -OCH3 is 1. The van der Waals surface area contributed by atoms with Gasteiger partial charge in [-0.25, -0.2) is 0 Å². The van der Waals surface area contributed by atoms with Crippen LogP contribution in [0, 0.1) is 0 Å². The number of hydrogen-bond acceptors (Lipinski definition) is 5. The van der Waals surface area contributed by atoms with Crippen LogP contribution in [0.5, 0.6) is 5.75 Å². The standard InChI is InChI=1S/C23H22BrNO5/c1-13-10-16-11-15(6-7-18(16)30-13)21(26)19-20(14-4-3-5-17(24)12-14)25(8-9-29-2)23(28)22(19)27/h3-7,11-13,20,26H,8-10H2,1-2H3/b21-19+. The number of ether oxygens (including phenoxy) is 2. The number of likely N-dealkylation sites (tertiary alicyclic amines) is 1. The highest BCUT2D eigenvalue weighted by atomic mass is 79.9. The van der Waals surface area contributed by atoms with E-state index < -0.39 is 17.7 Å². The third-order valence-electron chi connectivity index (χ3n) is 5.41. The fourth-order valence-corrected chi connectivity index (χ4v) is 4.47. The van der Waals surface area contributed by atoms with Crippen LogP contribution in [0.1, 0.15) is 29.7 Å². The molecule has 2 atom stereocenters. The van der Waals surface area contributed by atoms with Crippen molar-refractivity contribution in [2.24, 2.45) is 0 Å². The Balaban J connectivity index is 1.83. The molecule has 1 fully saturated rings. The molecule has 2 unspecified atom stereocenters. The van der Waals surface area contributed by atoms with Crippen molar-refractivity contribution in [1.82, 2.24) is 4.90 Å². The summed E-state index contributed by atoms with van der Waals surface area (Å²) in [7, 11) is 1.54. The van der Waals surface area contributed by atoms with Crippen LogP contribution in [-0.4, -0.2) is 48.1 Å². The number of ketones is 1. The van der Waals surface area contributed by atoms with Crippen LogP contribution in [0.4, 0.5) is 0 Å². The first-order valence-electron chi connectivity index (χ1n) is 9.73. The van der Waals surface area contributed by atoms with Crippen LogP contribution < -0.4 is 4.74 Å². The lowest BCUT2D eigenvalue weighted by atomic mass is 9.94. The topological polar surface area (TPSA) is 76.1 Å². The van der Waals surface area contributed by atoms with Crippen LogP contribution >= 0.6 is 15.9 Å². The van der Waals surface area contributed by atoms with E-state index in [9.17, 15) is 14.7 Å². The fourth-order valence-electron chi connectivity index (χ4n) is 4.05. The van der Waals surface area contributed by atoms with Crippen molar-refractivity contribution < 1.29 is 24.2 Å². The van der Waals surface area contributed by atoms with Gasteiger partial charge in [0, 0.05) is 30.1 Å². The summed E-state index contributed by atoms with van der Waals surface area (Å²) >= 11 is 3.45. The molecule has 1 N–H and O–H groups in total. The molecule has 2 aromatic carbocycles. The maximum atomic E-state index is 13.0. The number of carbonyl (C=O) groups is 2. The van der Waals surface area contributed by atoms with E-state index in [1.165, 1.54) is 12.0 Å². The second kappa shape index (κ2) is 8.24. The minimum Gasteiger partial charge on any atom is -0.507 e. The molecule has 0 spiro atoms. The lowest BCUT2D eigenvalue weighted by molar-refractivity contribution is -0.140. The van der Waals surface area contributed by atoms with E-state index >= 15 is 0 Å². The maximum absolute atomic E-state index is 13.0. The molecule has 2 aromatic rings. The average molecular weight is 472 g/mol. The Morgan fingerprint density at radius 1 is 1.27 bits per heavy atom. The third kappa shape index (κ3) is 3.63. The van der Waals surface area contributed by atoms with Gasteiger partial charge in [-0.2, -0.15) is 0 Å². The van der Waals surface area contributed by atoms with E-state index in [2.05, 4.69) is 15.9 Å². The minimum atomic E-state index is -0.696. The number of Topliss-reactive ketones (excluding diaryl/α,β-unsaturated/α-hetero) is 1. The number of amides is 1. The van der Waals surface area contributed by atoms with Crippen LogP contribution in [0.15, 0.2) is 52.5 Å². The van der Waals surface area contributed by atoms with Crippen molar-refractivity contribution in [2.45, 2.75) is 25.5 Å². The molecule has 7 heteroatoms. The van der Waals surface area contributed by atoms with Crippen molar-refractivity contribution >= 4 is 33.4 Å². The lowest BCUT2D eigenvalue weighted by Crippen LogP contribution is -2.32. The highest BCUT2D eigenvalue weighted by molar-refractivity contribution is 9.10. The SMILES string of the molecule is COCCN1C(=O)C(=O)/C(=C(/O)c2ccc3c(c2)CC(C)O3)C1c1cccc(Br)c1.